The Kier molecular flexibility index (Phi) is 4.50. The maximum absolute atomic E-state index is 12.9. The van der Waals surface area contributed by atoms with Crippen molar-refractivity contribution in [2.75, 3.05) is 13.6 Å². The number of nitrogens with zero attached hydrogens (tertiary/aromatic N) is 3. The lowest BCUT2D eigenvalue weighted by Crippen LogP contribution is -2.32. The topological polar surface area (TPSA) is 73.9 Å². The van der Waals surface area contributed by atoms with Crippen LogP contribution in [0.3, 0.4) is 0 Å². The van der Waals surface area contributed by atoms with E-state index in [1.807, 2.05) is 14.0 Å². The van der Waals surface area contributed by atoms with E-state index in [1.165, 1.54) is 0 Å². The van der Waals surface area contributed by atoms with Crippen molar-refractivity contribution < 1.29 is 4.79 Å². The van der Waals surface area contributed by atoms with Crippen molar-refractivity contribution >= 4 is 17.2 Å². The molecule has 0 spiro atoms. The molecule has 0 saturated carbocycles. The Labute approximate surface area is 140 Å². The summed E-state index contributed by atoms with van der Waals surface area (Å²) in [6, 6.07) is -0.0100. The monoisotopic (exact) mass is 333 g/mol. The predicted molar refractivity (Wildman–Crippen MR) is 90.7 cm³/mol. The molecule has 0 aliphatic carbocycles. The van der Waals surface area contributed by atoms with Crippen LogP contribution >= 0.6 is 11.3 Å². The number of rotatable bonds is 4. The Morgan fingerprint density at radius 1 is 1.48 bits per heavy atom. The molecule has 3 rings (SSSR count). The maximum Gasteiger partial charge on any atom is 0.274 e. The molecule has 2 aromatic rings. The van der Waals surface area contributed by atoms with Crippen LogP contribution in [0.5, 0.6) is 0 Å². The van der Waals surface area contributed by atoms with Crippen LogP contribution in [-0.4, -0.2) is 39.6 Å². The molecule has 1 aliphatic heterocycles. The minimum atomic E-state index is -0.0375. The molecule has 0 saturated heterocycles. The van der Waals surface area contributed by atoms with Crippen LogP contribution in [0.15, 0.2) is 0 Å². The van der Waals surface area contributed by atoms with Gasteiger partial charge < -0.3 is 10.2 Å². The number of hydrogen-bond donors (Lipinski definition) is 2. The summed E-state index contributed by atoms with van der Waals surface area (Å²) in [6.45, 7) is 7.80. The third kappa shape index (κ3) is 2.90. The molecule has 2 N–H and O–H groups in total. The number of thiazole rings is 1. The zero-order valence-electron chi connectivity index (χ0n) is 14.1. The smallest absolute Gasteiger partial charge is 0.274 e. The second-order valence-corrected chi connectivity index (χ2v) is 7.07. The van der Waals surface area contributed by atoms with Gasteiger partial charge in [0.15, 0.2) is 5.69 Å². The van der Waals surface area contributed by atoms with Crippen molar-refractivity contribution in [3.05, 3.63) is 32.5 Å². The summed E-state index contributed by atoms with van der Waals surface area (Å²) in [5, 5.41) is 11.7. The zero-order chi connectivity index (χ0) is 16.6. The lowest BCUT2D eigenvalue weighted by atomic mass is 10.1. The number of nitrogens with one attached hydrogen (secondary N) is 2. The Morgan fingerprint density at radius 3 is 2.96 bits per heavy atom. The Hall–Kier alpha value is -1.73. The molecule has 1 amide bonds. The van der Waals surface area contributed by atoms with Gasteiger partial charge in [0, 0.05) is 42.7 Å². The van der Waals surface area contributed by atoms with Gasteiger partial charge in [-0.25, -0.2) is 4.98 Å². The van der Waals surface area contributed by atoms with Crippen molar-refractivity contribution in [2.24, 2.45) is 0 Å². The molecule has 1 atom stereocenters. The van der Waals surface area contributed by atoms with Gasteiger partial charge in [0.1, 0.15) is 0 Å². The lowest BCUT2D eigenvalue weighted by molar-refractivity contribution is 0.0737. The second-order valence-electron chi connectivity index (χ2n) is 5.96. The van der Waals surface area contributed by atoms with Gasteiger partial charge in [-0.2, -0.15) is 5.10 Å². The highest BCUT2D eigenvalue weighted by Gasteiger charge is 2.28. The average molecular weight is 333 g/mol. The van der Waals surface area contributed by atoms with Gasteiger partial charge >= 0.3 is 0 Å². The summed E-state index contributed by atoms with van der Waals surface area (Å²) >= 11 is 1.69. The highest BCUT2D eigenvalue weighted by atomic mass is 32.1. The van der Waals surface area contributed by atoms with E-state index < -0.39 is 0 Å². The van der Waals surface area contributed by atoms with Gasteiger partial charge in [-0.05, 0) is 20.3 Å². The fourth-order valence-corrected chi connectivity index (χ4v) is 4.03. The number of carbonyl (C=O) groups is 1. The van der Waals surface area contributed by atoms with E-state index in [0.29, 0.717) is 12.2 Å². The van der Waals surface area contributed by atoms with E-state index in [4.69, 9.17) is 0 Å². The molecule has 23 heavy (non-hydrogen) atoms. The molecular weight excluding hydrogens is 310 g/mol. The largest absolute Gasteiger partial charge is 0.333 e. The highest BCUT2D eigenvalue weighted by molar-refractivity contribution is 7.11. The summed E-state index contributed by atoms with van der Waals surface area (Å²) in [5.74, 6) is -0.0375. The normalized spacial score (nSPS) is 15.3. The molecule has 0 bridgehead atoms. The first-order valence-corrected chi connectivity index (χ1v) is 8.84. The van der Waals surface area contributed by atoms with Gasteiger partial charge in [0.25, 0.3) is 5.91 Å². The van der Waals surface area contributed by atoms with Crippen molar-refractivity contribution in [3.8, 4) is 0 Å². The summed E-state index contributed by atoms with van der Waals surface area (Å²) < 4.78 is 0. The fraction of sp³-hybridized carbons (Fsp3) is 0.562. The number of fused-ring (bicyclic) bond motifs is 1. The molecular formula is C16H23N5OS. The first-order chi connectivity index (χ1) is 11.0. The van der Waals surface area contributed by atoms with E-state index in [2.05, 4.69) is 34.3 Å². The first kappa shape index (κ1) is 16.1. The number of H-pyrrole nitrogens is 1. The van der Waals surface area contributed by atoms with E-state index >= 15 is 0 Å². The molecule has 1 aliphatic rings. The highest BCUT2D eigenvalue weighted by Crippen LogP contribution is 2.30. The van der Waals surface area contributed by atoms with Crippen LogP contribution in [0.1, 0.15) is 57.2 Å². The Balaban J connectivity index is 1.84. The van der Waals surface area contributed by atoms with E-state index in [0.717, 1.165) is 46.2 Å². The van der Waals surface area contributed by atoms with Crippen LogP contribution < -0.4 is 5.32 Å². The zero-order valence-corrected chi connectivity index (χ0v) is 14.9. The van der Waals surface area contributed by atoms with Crippen LogP contribution in [-0.2, 0) is 19.4 Å². The number of aromatic nitrogens is 3. The average Bonchev–Trinajstić information content (AvgIpc) is 3.16. The van der Waals surface area contributed by atoms with E-state index in [-0.39, 0.29) is 11.9 Å². The van der Waals surface area contributed by atoms with E-state index in [9.17, 15) is 4.79 Å². The third-order valence-electron chi connectivity index (χ3n) is 4.47. The van der Waals surface area contributed by atoms with Crippen molar-refractivity contribution in [1.29, 1.82) is 0 Å². The molecule has 0 aromatic carbocycles. The summed E-state index contributed by atoms with van der Waals surface area (Å²) in [4.78, 5) is 20.4. The van der Waals surface area contributed by atoms with Gasteiger partial charge in [0.2, 0.25) is 0 Å². The number of carbonyl (C=O) groups excluding carboxylic acids is 1. The van der Waals surface area contributed by atoms with Crippen molar-refractivity contribution in [3.63, 3.8) is 0 Å². The molecule has 7 heteroatoms. The SMILES string of the molecule is CCc1nc(C)c(C(C)N(C)C(=O)c2n[nH]c3c2CNCC3)s1. The number of aryl methyl sites for hydroxylation is 2. The molecule has 0 fully saturated rings. The van der Waals surface area contributed by atoms with Crippen LogP contribution in [0.4, 0.5) is 0 Å². The summed E-state index contributed by atoms with van der Waals surface area (Å²) in [5.41, 5.74) is 3.65. The lowest BCUT2D eigenvalue weighted by Gasteiger charge is -2.24. The third-order valence-corrected chi connectivity index (χ3v) is 5.94. The summed E-state index contributed by atoms with van der Waals surface area (Å²) in [6.07, 6.45) is 1.82. The van der Waals surface area contributed by atoms with Crippen molar-refractivity contribution in [2.45, 2.75) is 46.2 Å². The molecule has 6 nitrogen and oxygen atoms in total. The molecule has 1 unspecified atom stereocenters. The molecule has 2 aromatic heterocycles. The molecule has 0 radical (unpaired) electrons. The minimum Gasteiger partial charge on any atom is -0.333 e. The Bertz CT molecular complexity index is 720. The van der Waals surface area contributed by atoms with Crippen LogP contribution in [0.2, 0.25) is 0 Å². The Morgan fingerprint density at radius 2 is 2.26 bits per heavy atom. The van der Waals surface area contributed by atoms with Gasteiger partial charge in [-0.3, -0.25) is 9.89 Å². The second kappa shape index (κ2) is 6.41. The van der Waals surface area contributed by atoms with E-state index in [1.54, 1.807) is 16.2 Å². The number of hydrogen-bond acceptors (Lipinski definition) is 5. The van der Waals surface area contributed by atoms with Crippen molar-refractivity contribution in [1.82, 2.24) is 25.4 Å². The quantitative estimate of drug-likeness (QED) is 0.900. The maximum atomic E-state index is 12.9. The predicted octanol–water partition coefficient (Wildman–Crippen LogP) is 2.22. The van der Waals surface area contributed by atoms with Gasteiger partial charge in [-0.1, -0.05) is 6.92 Å². The number of amides is 1. The van der Waals surface area contributed by atoms with Gasteiger partial charge in [-0.15, -0.1) is 11.3 Å². The summed E-state index contributed by atoms with van der Waals surface area (Å²) in [7, 11) is 1.84. The molecule has 124 valence electrons. The number of aromatic amines is 1. The van der Waals surface area contributed by atoms with Gasteiger partial charge in [0.05, 0.1) is 16.7 Å². The van der Waals surface area contributed by atoms with Crippen LogP contribution in [0.25, 0.3) is 0 Å². The minimum absolute atomic E-state index is 0.0100. The fourth-order valence-electron chi connectivity index (χ4n) is 2.93. The molecule has 3 heterocycles. The van der Waals surface area contributed by atoms with Crippen LogP contribution in [0, 0.1) is 6.92 Å². The first-order valence-electron chi connectivity index (χ1n) is 8.03. The standard InChI is InChI=1S/C16H23N5OS/c1-5-13-18-9(2)15(23-13)10(3)21(4)16(22)14-11-8-17-7-6-12(11)19-20-14/h10,17H,5-8H2,1-4H3,(H,19,20).